The molecule has 0 aliphatic heterocycles. The van der Waals surface area contributed by atoms with E-state index in [4.69, 9.17) is 27.5 Å². The van der Waals surface area contributed by atoms with Crippen molar-refractivity contribution in [3.05, 3.63) is 58.9 Å². The Morgan fingerprint density at radius 2 is 1.73 bits per heavy atom. The van der Waals surface area contributed by atoms with E-state index in [1.165, 1.54) is 18.2 Å². The summed E-state index contributed by atoms with van der Waals surface area (Å²) in [6, 6.07) is 10.6. The zero-order valence-corrected chi connectivity index (χ0v) is 14.8. The van der Waals surface area contributed by atoms with Crippen molar-refractivity contribution in [2.24, 2.45) is 11.1 Å². The summed E-state index contributed by atoms with van der Waals surface area (Å²) >= 11 is 5.90. The Labute approximate surface area is 155 Å². The molecule has 1 atom stereocenters. The lowest BCUT2D eigenvalue weighted by Gasteiger charge is -2.23. The SMILES string of the molecule is CC(C[C@H](N)Cc1ccc(-c2cc(Cl)ccc2F)cc1)(C(=O)O)C(=O)O. The predicted molar refractivity (Wildman–Crippen MR) is 96.5 cm³/mol. The van der Waals surface area contributed by atoms with Crippen molar-refractivity contribution in [2.75, 3.05) is 0 Å². The topological polar surface area (TPSA) is 101 Å². The summed E-state index contributed by atoms with van der Waals surface area (Å²) in [6.45, 7) is 1.14. The first-order valence-electron chi connectivity index (χ1n) is 7.90. The molecule has 0 heterocycles. The number of hydrogen-bond donors (Lipinski definition) is 3. The lowest BCUT2D eigenvalue weighted by atomic mass is 9.82. The normalized spacial score (nSPS) is 12.6. The average molecular weight is 380 g/mol. The van der Waals surface area contributed by atoms with Gasteiger partial charge in [-0.1, -0.05) is 35.9 Å². The van der Waals surface area contributed by atoms with Gasteiger partial charge in [0.1, 0.15) is 5.82 Å². The lowest BCUT2D eigenvalue weighted by Crippen LogP contribution is -2.42. The van der Waals surface area contributed by atoms with E-state index in [2.05, 4.69) is 0 Å². The van der Waals surface area contributed by atoms with Gasteiger partial charge in [0, 0.05) is 16.6 Å². The highest BCUT2D eigenvalue weighted by Gasteiger charge is 2.42. The summed E-state index contributed by atoms with van der Waals surface area (Å²) in [6.07, 6.45) is 0.0940. The third kappa shape index (κ3) is 4.39. The second-order valence-electron chi connectivity index (χ2n) is 6.43. The Bertz CT molecular complexity index is 809. The van der Waals surface area contributed by atoms with Crippen LogP contribution in [0.3, 0.4) is 0 Å². The van der Waals surface area contributed by atoms with Gasteiger partial charge in [0.2, 0.25) is 0 Å². The van der Waals surface area contributed by atoms with Gasteiger partial charge in [-0.05, 0) is 49.1 Å². The summed E-state index contributed by atoms with van der Waals surface area (Å²) in [7, 11) is 0. The average Bonchev–Trinajstić information content (AvgIpc) is 2.57. The van der Waals surface area contributed by atoms with Gasteiger partial charge in [-0.3, -0.25) is 9.59 Å². The van der Waals surface area contributed by atoms with Gasteiger partial charge < -0.3 is 15.9 Å². The number of carbonyl (C=O) groups is 2. The quantitative estimate of drug-likeness (QED) is 0.638. The maximum atomic E-state index is 13.9. The van der Waals surface area contributed by atoms with Crippen LogP contribution in [0.5, 0.6) is 0 Å². The van der Waals surface area contributed by atoms with Crippen molar-refractivity contribution < 1.29 is 24.2 Å². The molecule has 2 aromatic rings. The molecule has 2 aromatic carbocycles. The van der Waals surface area contributed by atoms with Crippen molar-refractivity contribution in [1.29, 1.82) is 0 Å². The highest BCUT2D eigenvalue weighted by molar-refractivity contribution is 6.30. The smallest absolute Gasteiger partial charge is 0.320 e. The van der Waals surface area contributed by atoms with Crippen LogP contribution in [0.1, 0.15) is 18.9 Å². The van der Waals surface area contributed by atoms with Gasteiger partial charge in [0.25, 0.3) is 0 Å². The first kappa shape index (κ1) is 19.9. The van der Waals surface area contributed by atoms with Crippen LogP contribution in [0.2, 0.25) is 5.02 Å². The molecule has 0 amide bonds. The number of carboxylic acids is 2. The van der Waals surface area contributed by atoms with E-state index < -0.39 is 29.2 Å². The first-order valence-corrected chi connectivity index (χ1v) is 8.28. The standard InChI is InChI=1S/C19H19ClFNO4/c1-19(17(23)24,18(25)26)10-14(22)8-11-2-4-12(5-3-11)15-9-13(20)6-7-16(15)21/h2-7,9,14H,8,10,22H2,1H3,(H,23,24)(H,25,26)/t14-/m1/s1. The van der Waals surface area contributed by atoms with E-state index >= 15 is 0 Å². The molecular weight excluding hydrogens is 361 g/mol. The predicted octanol–water partition coefficient (Wildman–Crippen LogP) is 3.58. The summed E-state index contributed by atoms with van der Waals surface area (Å²) in [5.41, 5.74) is 5.82. The Balaban J connectivity index is 2.13. The summed E-state index contributed by atoms with van der Waals surface area (Å²) in [4.78, 5) is 22.5. The van der Waals surface area contributed by atoms with Gasteiger partial charge in [-0.25, -0.2) is 4.39 Å². The van der Waals surface area contributed by atoms with Crippen LogP contribution in [-0.4, -0.2) is 28.2 Å². The minimum absolute atomic E-state index is 0.206. The molecule has 0 radical (unpaired) electrons. The number of carboxylic acid groups (broad SMARTS) is 2. The Hall–Kier alpha value is -2.44. The molecule has 2 rings (SSSR count). The maximum absolute atomic E-state index is 13.9. The van der Waals surface area contributed by atoms with Gasteiger partial charge in [0.15, 0.2) is 5.41 Å². The van der Waals surface area contributed by atoms with Crippen LogP contribution in [0.4, 0.5) is 4.39 Å². The molecule has 138 valence electrons. The second-order valence-corrected chi connectivity index (χ2v) is 6.87. The molecule has 4 N–H and O–H groups in total. The fraction of sp³-hybridized carbons (Fsp3) is 0.263. The number of hydrogen-bond acceptors (Lipinski definition) is 3. The molecule has 26 heavy (non-hydrogen) atoms. The molecule has 0 aliphatic rings. The molecule has 0 aliphatic carbocycles. The first-order chi connectivity index (χ1) is 12.1. The zero-order chi connectivity index (χ0) is 19.5. The van der Waals surface area contributed by atoms with Crippen LogP contribution in [0, 0.1) is 11.2 Å². The van der Waals surface area contributed by atoms with Crippen molar-refractivity contribution in [1.82, 2.24) is 0 Å². The van der Waals surface area contributed by atoms with Gasteiger partial charge in [0.05, 0.1) is 0 Å². The lowest BCUT2D eigenvalue weighted by molar-refractivity contribution is -0.164. The van der Waals surface area contributed by atoms with E-state index in [0.29, 0.717) is 22.6 Å². The number of rotatable bonds is 7. The van der Waals surface area contributed by atoms with Crippen molar-refractivity contribution in [3.8, 4) is 11.1 Å². The third-order valence-electron chi connectivity index (χ3n) is 4.31. The minimum Gasteiger partial charge on any atom is -0.480 e. The summed E-state index contributed by atoms with van der Waals surface area (Å²) in [5.74, 6) is -3.24. The second kappa shape index (κ2) is 7.85. The number of aliphatic carboxylic acids is 2. The van der Waals surface area contributed by atoms with Crippen LogP contribution in [0.15, 0.2) is 42.5 Å². The fourth-order valence-electron chi connectivity index (χ4n) is 2.70. The Kier molecular flexibility index (Phi) is 6.00. The molecule has 0 aromatic heterocycles. The van der Waals surface area contributed by atoms with Crippen molar-refractivity contribution in [3.63, 3.8) is 0 Å². The monoisotopic (exact) mass is 379 g/mol. The minimum atomic E-state index is -1.94. The van der Waals surface area contributed by atoms with Gasteiger partial charge in [-0.15, -0.1) is 0 Å². The molecular formula is C19H19ClFNO4. The van der Waals surface area contributed by atoms with E-state index in [1.54, 1.807) is 24.3 Å². The van der Waals surface area contributed by atoms with Gasteiger partial charge in [-0.2, -0.15) is 0 Å². The highest BCUT2D eigenvalue weighted by atomic mass is 35.5. The summed E-state index contributed by atoms with van der Waals surface area (Å²) in [5, 5.41) is 18.7. The molecule has 0 saturated heterocycles. The molecule has 0 bridgehead atoms. The fourth-order valence-corrected chi connectivity index (χ4v) is 2.88. The number of benzene rings is 2. The van der Waals surface area contributed by atoms with E-state index in [0.717, 1.165) is 12.5 Å². The van der Waals surface area contributed by atoms with Gasteiger partial charge >= 0.3 is 11.9 Å². The van der Waals surface area contributed by atoms with Crippen molar-refractivity contribution in [2.45, 2.75) is 25.8 Å². The number of halogens is 2. The van der Waals surface area contributed by atoms with Crippen LogP contribution in [0.25, 0.3) is 11.1 Å². The molecule has 5 nitrogen and oxygen atoms in total. The van der Waals surface area contributed by atoms with E-state index in [9.17, 15) is 14.0 Å². The third-order valence-corrected chi connectivity index (χ3v) is 4.54. The molecule has 0 saturated carbocycles. The van der Waals surface area contributed by atoms with Crippen LogP contribution >= 0.6 is 11.6 Å². The zero-order valence-electron chi connectivity index (χ0n) is 14.1. The van der Waals surface area contributed by atoms with Crippen molar-refractivity contribution >= 4 is 23.5 Å². The molecule has 0 fully saturated rings. The largest absolute Gasteiger partial charge is 0.480 e. The Morgan fingerprint density at radius 1 is 1.15 bits per heavy atom. The molecule has 7 heteroatoms. The molecule has 0 spiro atoms. The highest BCUT2D eigenvalue weighted by Crippen LogP contribution is 2.28. The van der Waals surface area contributed by atoms with Crippen LogP contribution < -0.4 is 5.73 Å². The van der Waals surface area contributed by atoms with E-state index in [1.807, 2.05) is 0 Å². The summed E-state index contributed by atoms with van der Waals surface area (Å²) < 4.78 is 13.9. The van der Waals surface area contributed by atoms with E-state index in [-0.39, 0.29) is 6.42 Å². The Morgan fingerprint density at radius 3 is 2.27 bits per heavy atom. The van der Waals surface area contributed by atoms with Crippen LogP contribution in [-0.2, 0) is 16.0 Å². The number of nitrogens with two attached hydrogens (primary N) is 1. The maximum Gasteiger partial charge on any atom is 0.320 e. The molecule has 0 unspecified atom stereocenters.